The third-order valence-electron chi connectivity index (χ3n) is 2.37. The molecule has 0 fully saturated rings. The van der Waals surface area contributed by atoms with Gasteiger partial charge in [-0.3, -0.25) is 8.65 Å². The Balaban J connectivity index is 2.32. The molecule has 2 aromatic carbocycles. The molecule has 3 N–H and O–H groups in total. The van der Waals surface area contributed by atoms with Crippen LogP contribution in [0.2, 0.25) is 0 Å². The zero-order valence-electron chi connectivity index (χ0n) is 9.62. The summed E-state index contributed by atoms with van der Waals surface area (Å²) in [6.45, 7) is 0. The van der Waals surface area contributed by atoms with Crippen LogP contribution in [-0.2, 0) is 0 Å². The minimum absolute atomic E-state index is 0.685. The first kappa shape index (κ1) is 13.7. The molecular weight excluding hydrogens is 358 g/mol. The molecule has 2 rings (SSSR count). The summed E-state index contributed by atoms with van der Waals surface area (Å²) in [6.07, 6.45) is 0. The number of aliphatic hydroxyl groups is 1. The average Bonchev–Trinajstić information content (AvgIpc) is 2.46. The number of alkyl halides is 1. The quantitative estimate of drug-likeness (QED) is 0.249. The average molecular weight is 372 g/mol. The standard InChI is InChI=1S/C13H14IN2OP/c15-14-13(17)16-18(11-7-3-1-4-8-11)12-9-5-2-6-10-12/h1-10,13,15-17H/t13-/m1/s1. The third-order valence-corrected chi connectivity index (χ3v) is 5.89. The first-order valence-electron chi connectivity index (χ1n) is 5.45. The molecule has 2 aromatic rings. The van der Waals surface area contributed by atoms with E-state index in [-0.39, 0.29) is 0 Å². The number of hydrogen-bond donors (Lipinski definition) is 3. The number of benzene rings is 2. The van der Waals surface area contributed by atoms with Crippen LogP contribution in [0.4, 0.5) is 0 Å². The lowest BCUT2D eigenvalue weighted by atomic mass is 10.4. The van der Waals surface area contributed by atoms with Crippen molar-refractivity contribution >= 4 is 39.7 Å². The Morgan fingerprint density at radius 3 is 1.78 bits per heavy atom. The number of nitrogens with one attached hydrogen (secondary N) is 2. The van der Waals surface area contributed by atoms with Gasteiger partial charge in [0.15, 0.2) is 4.23 Å². The summed E-state index contributed by atoms with van der Waals surface area (Å²) >= 11 is -0.962. The molecule has 0 radical (unpaired) electrons. The van der Waals surface area contributed by atoms with Gasteiger partial charge in [-0.05, 0) is 10.6 Å². The van der Waals surface area contributed by atoms with Crippen molar-refractivity contribution in [3.63, 3.8) is 0 Å². The molecular formula is C13H14IN2OP. The van der Waals surface area contributed by atoms with Crippen LogP contribution in [0.25, 0.3) is 0 Å². The molecule has 3 nitrogen and oxygen atoms in total. The Hall–Kier alpha value is -0.680. The van der Waals surface area contributed by atoms with Gasteiger partial charge in [0.1, 0.15) is 0 Å². The van der Waals surface area contributed by atoms with Crippen molar-refractivity contribution in [3.8, 4) is 0 Å². The lowest BCUT2D eigenvalue weighted by Gasteiger charge is -2.21. The van der Waals surface area contributed by atoms with Crippen molar-refractivity contribution in [3.05, 3.63) is 60.7 Å². The zero-order valence-corrected chi connectivity index (χ0v) is 12.7. The molecule has 0 amide bonds. The van der Waals surface area contributed by atoms with Crippen LogP contribution in [-0.4, -0.2) is 9.34 Å². The second-order valence-corrected chi connectivity index (χ2v) is 7.35. The SMILES string of the molecule is N=I[C@@H](O)NP(c1ccccc1)c1ccccc1. The van der Waals surface area contributed by atoms with Gasteiger partial charge in [-0.2, -0.15) is 0 Å². The van der Waals surface area contributed by atoms with Gasteiger partial charge in [0.2, 0.25) is 0 Å². The molecule has 0 aliphatic carbocycles. The van der Waals surface area contributed by atoms with Gasteiger partial charge >= 0.3 is 0 Å². The molecule has 5 heteroatoms. The van der Waals surface area contributed by atoms with Crippen molar-refractivity contribution in [1.82, 2.24) is 5.09 Å². The van der Waals surface area contributed by atoms with E-state index >= 15 is 0 Å². The Kier molecular flexibility index (Phi) is 5.38. The van der Waals surface area contributed by atoms with Crippen molar-refractivity contribution in [2.45, 2.75) is 4.23 Å². The first-order valence-corrected chi connectivity index (χ1v) is 9.11. The summed E-state index contributed by atoms with van der Waals surface area (Å²) in [7, 11) is -0.789. The van der Waals surface area contributed by atoms with E-state index in [1.54, 1.807) is 0 Å². The predicted molar refractivity (Wildman–Crippen MR) is 85.0 cm³/mol. The fraction of sp³-hybridized carbons (Fsp3) is 0.0769. The van der Waals surface area contributed by atoms with Gasteiger partial charge < -0.3 is 5.11 Å². The van der Waals surface area contributed by atoms with Crippen LogP contribution < -0.4 is 15.7 Å². The molecule has 0 bridgehead atoms. The highest BCUT2D eigenvalue weighted by Gasteiger charge is 2.15. The monoisotopic (exact) mass is 372 g/mol. The third kappa shape index (κ3) is 3.65. The number of aliphatic hydroxyl groups excluding tert-OH is 1. The normalized spacial score (nSPS) is 12.6. The van der Waals surface area contributed by atoms with Crippen molar-refractivity contribution in [2.24, 2.45) is 0 Å². The van der Waals surface area contributed by atoms with Crippen molar-refractivity contribution in [2.75, 3.05) is 0 Å². The summed E-state index contributed by atoms with van der Waals surface area (Å²) in [5.41, 5.74) is 0. The van der Waals surface area contributed by atoms with E-state index in [4.69, 9.17) is 3.56 Å². The van der Waals surface area contributed by atoms with E-state index in [0.29, 0.717) is 0 Å². The van der Waals surface area contributed by atoms with E-state index in [0.717, 1.165) is 10.6 Å². The Bertz CT molecular complexity index is 455. The summed E-state index contributed by atoms with van der Waals surface area (Å²) in [4.78, 5) is 0. The van der Waals surface area contributed by atoms with E-state index < -0.39 is 33.3 Å². The molecule has 1 atom stereocenters. The maximum atomic E-state index is 9.72. The van der Waals surface area contributed by atoms with Crippen LogP contribution in [0.3, 0.4) is 0 Å². The van der Waals surface area contributed by atoms with Gasteiger partial charge in [-0.15, -0.1) is 0 Å². The Morgan fingerprint density at radius 1 is 0.944 bits per heavy atom. The molecule has 0 aromatic heterocycles. The molecule has 18 heavy (non-hydrogen) atoms. The largest absolute Gasteiger partial charge is 0.368 e. The lowest BCUT2D eigenvalue weighted by Crippen LogP contribution is -2.28. The molecule has 0 spiro atoms. The molecule has 0 saturated carbocycles. The van der Waals surface area contributed by atoms with Crippen molar-refractivity contribution in [1.29, 1.82) is 3.56 Å². The van der Waals surface area contributed by atoms with E-state index in [9.17, 15) is 5.11 Å². The van der Waals surface area contributed by atoms with Crippen LogP contribution in [0, 0.1) is 3.56 Å². The maximum Gasteiger partial charge on any atom is 0.172 e. The predicted octanol–water partition coefficient (Wildman–Crippen LogP) is 2.63. The lowest BCUT2D eigenvalue weighted by molar-refractivity contribution is 0.272. The van der Waals surface area contributed by atoms with Crippen LogP contribution in [0.15, 0.2) is 60.7 Å². The van der Waals surface area contributed by atoms with Crippen LogP contribution in [0.5, 0.6) is 0 Å². The number of halogens is 1. The highest BCUT2D eigenvalue weighted by molar-refractivity contribution is 14.1. The first-order chi connectivity index (χ1) is 8.81. The van der Waals surface area contributed by atoms with Gasteiger partial charge in [0.25, 0.3) is 0 Å². The molecule has 94 valence electrons. The minimum Gasteiger partial charge on any atom is -0.368 e. The number of hydrogen-bond acceptors (Lipinski definition) is 3. The Morgan fingerprint density at radius 2 is 1.39 bits per heavy atom. The molecule has 0 aliphatic rings. The summed E-state index contributed by atoms with van der Waals surface area (Å²) in [5.74, 6) is 0. The fourth-order valence-corrected chi connectivity index (χ4v) is 4.64. The zero-order chi connectivity index (χ0) is 12.8. The fourth-order valence-electron chi connectivity index (χ4n) is 1.58. The van der Waals surface area contributed by atoms with Gasteiger partial charge in [-0.1, -0.05) is 60.7 Å². The molecule has 0 heterocycles. The second-order valence-electron chi connectivity index (χ2n) is 3.58. The second kappa shape index (κ2) is 7.04. The van der Waals surface area contributed by atoms with Gasteiger partial charge in [0, 0.05) is 29.1 Å². The Labute approximate surface area is 118 Å². The van der Waals surface area contributed by atoms with Crippen LogP contribution >= 0.6 is 29.1 Å². The van der Waals surface area contributed by atoms with E-state index in [1.807, 2.05) is 36.4 Å². The molecule has 0 aliphatic heterocycles. The summed E-state index contributed by atoms with van der Waals surface area (Å²) < 4.78 is 6.65. The minimum atomic E-state index is -0.962. The van der Waals surface area contributed by atoms with E-state index in [2.05, 4.69) is 29.4 Å². The smallest absolute Gasteiger partial charge is 0.172 e. The van der Waals surface area contributed by atoms with Crippen LogP contribution in [0.1, 0.15) is 0 Å². The topological polar surface area (TPSA) is 56.1 Å². The molecule has 0 unspecified atom stereocenters. The highest BCUT2D eigenvalue weighted by atomic mass is 127. The summed E-state index contributed by atoms with van der Waals surface area (Å²) in [6, 6.07) is 20.2. The number of rotatable bonds is 5. The maximum absolute atomic E-state index is 9.72. The summed E-state index contributed by atoms with van der Waals surface area (Å²) in [5, 5.41) is 15.2. The molecule has 0 saturated heterocycles. The van der Waals surface area contributed by atoms with Gasteiger partial charge in [-0.25, -0.2) is 0 Å². The van der Waals surface area contributed by atoms with E-state index in [1.165, 1.54) is 0 Å². The highest BCUT2D eigenvalue weighted by Crippen LogP contribution is 2.30. The van der Waals surface area contributed by atoms with Gasteiger partial charge in [0.05, 0.1) is 0 Å². The van der Waals surface area contributed by atoms with Crippen molar-refractivity contribution < 1.29 is 5.11 Å².